The molecular weight excluding hydrogens is 482 g/mol. The Hall–Kier alpha value is -4.35. The molecule has 0 aliphatic carbocycles. The average Bonchev–Trinajstić information content (AvgIpc) is 2.86. The zero-order chi connectivity index (χ0) is 28.0. The van der Waals surface area contributed by atoms with Crippen LogP contribution in [0.2, 0.25) is 0 Å². The van der Waals surface area contributed by atoms with Crippen LogP contribution < -0.4 is 10.6 Å². The summed E-state index contributed by atoms with van der Waals surface area (Å²) in [7, 11) is 0. The van der Waals surface area contributed by atoms with Crippen LogP contribution in [-0.4, -0.2) is 46.2 Å². The van der Waals surface area contributed by atoms with Crippen LogP contribution in [-0.2, 0) is 14.3 Å². The fourth-order valence-electron chi connectivity index (χ4n) is 3.90. The maximum Gasteiger partial charge on any atom is 0.408 e. The Morgan fingerprint density at radius 3 is 2.29 bits per heavy atom. The van der Waals surface area contributed by atoms with Gasteiger partial charge in [-0.1, -0.05) is 55.0 Å². The van der Waals surface area contributed by atoms with Crippen molar-refractivity contribution in [1.82, 2.24) is 10.2 Å². The van der Waals surface area contributed by atoms with Crippen molar-refractivity contribution < 1.29 is 24.2 Å². The van der Waals surface area contributed by atoms with Gasteiger partial charge in [0, 0.05) is 11.7 Å². The number of alkyl carbamates (subject to hydrolysis) is 1. The highest BCUT2D eigenvalue weighted by Gasteiger charge is 2.36. The quantitative estimate of drug-likeness (QED) is 0.319. The minimum atomic E-state index is -1.43. The van der Waals surface area contributed by atoms with Crippen LogP contribution in [0.25, 0.3) is 10.8 Å². The number of ether oxygens (including phenoxy) is 1. The summed E-state index contributed by atoms with van der Waals surface area (Å²) in [5.74, 6) is -1.39. The number of amides is 3. The molecule has 0 aromatic heterocycles. The highest BCUT2D eigenvalue weighted by Crippen LogP contribution is 2.27. The van der Waals surface area contributed by atoms with E-state index >= 15 is 0 Å². The number of anilines is 1. The molecule has 3 aromatic carbocycles. The summed E-state index contributed by atoms with van der Waals surface area (Å²) in [6.07, 6.45) is 4.86. The standard InChI is InChI=1S/C30H33N3O5/c1-7-33(28(36)25(18-34)32-29(37)38-30(4,5)6)26(23-13-12-19(2)20(3)16-23)27(35)31-24-15-14-21-10-8-9-11-22(21)17-24/h1,8-17,25-26,34H,18H2,2-6H3,(H,31,35)(H,32,37). The summed E-state index contributed by atoms with van der Waals surface area (Å²) in [5.41, 5.74) is 2.09. The van der Waals surface area contributed by atoms with Crippen molar-refractivity contribution in [2.24, 2.45) is 0 Å². The van der Waals surface area contributed by atoms with Crippen molar-refractivity contribution in [2.45, 2.75) is 52.3 Å². The Morgan fingerprint density at radius 2 is 1.68 bits per heavy atom. The lowest BCUT2D eigenvalue weighted by molar-refractivity contribution is -0.137. The Labute approximate surface area is 223 Å². The van der Waals surface area contributed by atoms with Gasteiger partial charge in [-0.3, -0.25) is 14.5 Å². The van der Waals surface area contributed by atoms with Crippen LogP contribution in [0.4, 0.5) is 10.5 Å². The number of terminal acetylenes is 1. The maximum atomic E-state index is 13.7. The fraction of sp³-hybridized carbons (Fsp3) is 0.300. The first kappa shape index (κ1) is 28.2. The number of rotatable bonds is 7. The van der Waals surface area contributed by atoms with Crippen molar-refractivity contribution >= 4 is 34.4 Å². The number of hydrogen-bond donors (Lipinski definition) is 3. The lowest BCUT2D eigenvalue weighted by Gasteiger charge is -2.30. The van der Waals surface area contributed by atoms with Crippen LogP contribution in [0.15, 0.2) is 60.7 Å². The normalized spacial score (nSPS) is 12.7. The van der Waals surface area contributed by atoms with E-state index in [0.717, 1.165) is 26.8 Å². The smallest absolute Gasteiger partial charge is 0.408 e. The van der Waals surface area contributed by atoms with Gasteiger partial charge in [0.25, 0.3) is 11.8 Å². The first-order valence-electron chi connectivity index (χ1n) is 12.2. The van der Waals surface area contributed by atoms with Gasteiger partial charge in [0.15, 0.2) is 0 Å². The summed E-state index contributed by atoms with van der Waals surface area (Å²) < 4.78 is 5.21. The van der Waals surface area contributed by atoms with Gasteiger partial charge >= 0.3 is 6.09 Å². The molecule has 8 nitrogen and oxygen atoms in total. The van der Waals surface area contributed by atoms with E-state index in [4.69, 9.17) is 11.2 Å². The van der Waals surface area contributed by atoms with Crippen molar-refractivity contribution in [2.75, 3.05) is 11.9 Å². The number of fused-ring (bicyclic) bond motifs is 1. The predicted octanol–water partition coefficient (Wildman–Crippen LogP) is 4.44. The molecule has 3 aromatic rings. The first-order valence-corrected chi connectivity index (χ1v) is 12.2. The topological polar surface area (TPSA) is 108 Å². The van der Waals surface area contributed by atoms with Crippen molar-refractivity contribution in [3.8, 4) is 12.5 Å². The SMILES string of the molecule is C#CN(C(=O)C(CO)NC(=O)OC(C)(C)C)C(C(=O)Nc1ccc2ccccc2c1)c1ccc(C)c(C)c1. The third-order valence-electron chi connectivity index (χ3n) is 5.92. The summed E-state index contributed by atoms with van der Waals surface area (Å²) in [6, 6.07) is 18.1. The molecule has 38 heavy (non-hydrogen) atoms. The zero-order valence-corrected chi connectivity index (χ0v) is 22.2. The van der Waals surface area contributed by atoms with Crippen LogP contribution in [0, 0.1) is 26.3 Å². The summed E-state index contributed by atoms with van der Waals surface area (Å²) in [4.78, 5) is 40.4. The van der Waals surface area contributed by atoms with Gasteiger partial charge < -0.3 is 20.5 Å². The molecule has 0 bridgehead atoms. The molecule has 3 rings (SSSR count). The van der Waals surface area contributed by atoms with E-state index in [2.05, 4.69) is 16.7 Å². The van der Waals surface area contributed by atoms with Crippen molar-refractivity contribution in [3.63, 3.8) is 0 Å². The number of nitrogens with zero attached hydrogens (tertiary/aromatic N) is 1. The fourth-order valence-corrected chi connectivity index (χ4v) is 3.90. The Balaban J connectivity index is 1.96. The minimum Gasteiger partial charge on any atom is -0.444 e. The number of carbonyl (C=O) groups is 3. The summed E-state index contributed by atoms with van der Waals surface area (Å²) in [6.45, 7) is 8.08. The molecule has 0 spiro atoms. The van der Waals surface area contributed by atoms with E-state index in [1.54, 1.807) is 39.0 Å². The first-order chi connectivity index (χ1) is 17.9. The number of aryl methyl sites for hydroxylation is 2. The largest absolute Gasteiger partial charge is 0.444 e. The summed E-state index contributed by atoms with van der Waals surface area (Å²) >= 11 is 0. The van der Waals surface area contributed by atoms with Gasteiger partial charge in [0.2, 0.25) is 0 Å². The zero-order valence-electron chi connectivity index (χ0n) is 22.2. The number of hydrogen-bond acceptors (Lipinski definition) is 5. The maximum absolute atomic E-state index is 13.7. The van der Waals surface area contributed by atoms with E-state index < -0.39 is 42.2 Å². The van der Waals surface area contributed by atoms with Gasteiger partial charge in [-0.05, 0) is 74.2 Å². The third kappa shape index (κ3) is 6.90. The number of aliphatic hydroxyl groups is 1. The second kappa shape index (κ2) is 11.8. The molecule has 2 unspecified atom stereocenters. The third-order valence-corrected chi connectivity index (χ3v) is 5.92. The monoisotopic (exact) mass is 515 g/mol. The van der Waals surface area contributed by atoms with Crippen LogP contribution in [0.5, 0.6) is 0 Å². The molecule has 198 valence electrons. The van der Waals surface area contributed by atoms with Gasteiger partial charge in [-0.25, -0.2) is 4.79 Å². The Kier molecular flexibility index (Phi) is 8.76. The predicted molar refractivity (Wildman–Crippen MR) is 147 cm³/mol. The van der Waals surface area contributed by atoms with Gasteiger partial charge in [0.05, 0.1) is 6.61 Å². The van der Waals surface area contributed by atoms with E-state index in [9.17, 15) is 19.5 Å². The molecular formula is C30H33N3O5. The molecule has 0 saturated carbocycles. The molecule has 0 aliphatic rings. The van der Waals surface area contributed by atoms with Crippen LogP contribution in [0.1, 0.15) is 43.5 Å². The van der Waals surface area contributed by atoms with Gasteiger partial charge in [0.1, 0.15) is 17.7 Å². The van der Waals surface area contributed by atoms with Crippen LogP contribution in [0.3, 0.4) is 0 Å². The second-order valence-corrected chi connectivity index (χ2v) is 10.0. The molecule has 0 heterocycles. The number of benzene rings is 3. The number of carbonyl (C=O) groups excluding carboxylic acids is 3. The second-order valence-electron chi connectivity index (χ2n) is 10.0. The molecule has 0 aliphatic heterocycles. The lowest BCUT2D eigenvalue weighted by atomic mass is 9.98. The van der Waals surface area contributed by atoms with E-state index in [-0.39, 0.29) is 0 Å². The van der Waals surface area contributed by atoms with Gasteiger partial charge in [-0.2, -0.15) is 0 Å². The summed E-state index contributed by atoms with van der Waals surface area (Å²) in [5, 5.41) is 17.1. The highest BCUT2D eigenvalue weighted by molar-refractivity contribution is 6.01. The van der Waals surface area contributed by atoms with Gasteiger partial charge in [-0.15, -0.1) is 0 Å². The van der Waals surface area contributed by atoms with Crippen LogP contribution >= 0.6 is 0 Å². The van der Waals surface area contributed by atoms with E-state index in [1.807, 2.05) is 56.3 Å². The molecule has 0 radical (unpaired) electrons. The minimum absolute atomic E-state index is 0.478. The number of nitrogens with one attached hydrogen (secondary N) is 2. The Bertz CT molecular complexity index is 1390. The van der Waals surface area contributed by atoms with Crippen molar-refractivity contribution in [1.29, 1.82) is 0 Å². The molecule has 3 N–H and O–H groups in total. The lowest BCUT2D eigenvalue weighted by Crippen LogP contribution is -2.52. The molecule has 0 fully saturated rings. The van der Waals surface area contributed by atoms with E-state index in [1.165, 1.54) is 0 Å². The molecule has 8 heteroatoms. The molecule has 0 saturated heterocycles. The molecule has 2 atom stereocenters. The molecule has 3 amide bonds. The van der Waals surface area contributed by atoms with E-state index in [0.29, 0.717) is 11.3 Å². The Morgan fingerprint density at radius 1 is 1.00 bits per heavy atom. The van der Waals surface area contributed by atoms with Crippen molar-refractivity contribution in [3.05, 3.63) is 77.4 Å². The average molecular weight is 516 g/mol. The number of aliphatic hydroxyl groups excluding tert-OH is 1. The highest BCUT2D eigenvalue weighted by atomic mass is 16.6.